The molecule has 1 aliphatic rings. The average Bonchev–Trinajstić information content (AvgIpc) is 3.52. The zero-order valence-electron chi connectivity index (χ0n) is 27.2. The van der Waals surface area contributed by atoms with Gasteiger partial charge in [0.15, 0.2) is 11.0 Å². The smallest absolute Gasteiger partial charge is 0.406 e. The number of aromatic nitrogens is 3. The molecule has 3 aromatic carbocycles. The first-order valence-corrected chi connectivity index (χ1v) is 16.8. The number of alkyl halides is 3. The number of urea groups is 1. The molecule has 0 bridgehead atoms. The first kappa shape index (κ1) is 34.9. The average molecular weight is 683 g/mol. The van der Waals surface area contributed by atoms with Crippen molar-refractivity contribution in [2.45, 2.75) is 77.7 Å². The summed E-state index contributed by atoms with van der Waals surface area (Å²) in [6.45, 7) is 8.12. The Kier molecular flexibility index (Phi) is 11.1. The molecule has 254 valence electrons. The molecule has 13 heteroatoms. The van der Waals surface area contributed by atoms with Crippen LogP contribution in [0.1, 0.15) is 64.0 Å². The zero-order valence-corrected chi connectivity index (χ0v) is 28.0. The number of thioether (sulfide) groups is 1. The van der Waals surface area contributed by atoms with Crippen molar-refractivity contribution in [3.05, 3.63) is 90.0 Å². The predicted molar refractivity (Wildman–Crippen MR) is 181 cm³/mol. The van der Waals surface area contributed by atoms with E-state index in [0.29, 0.717) is 16.7 Å². The highest BCUT2D eigenvalue weighted by atomic mass is 32.2. The molecule has 5 rings (SSSR count). The van der Waals surface area contributed by atoms with Gasteiger partial charge < -0.3 is 15.0 Å². The number of aliphatic imine (C=N–C) groups is 1. The quantitative estimate of drug-likeness (QED) is 0.168. The minimum Gasteiger partial charge on any atom is -0.406 e. The third-order valence-electron chi connectivity index (χ3n) is 7.99. The number of amides is 2. The minimum absolute atomic E-state index is 0.0834. The second-order valence-corrected chi connectivity index (χ2v) is 13.2. The number of rotatable bonds is 10. The van der Waals surface area contributed by atoms with Crippen LogP contribution in [-0.4, -0.2) is 50.2 Å². The van der Waals surface area contributed by atoms with Crippen LogP contribution in [0, 0.1) is 5.82 Å². The third kappa shape index (κ3) is 9.15. The van der Waals surface area contributed by atoms with Crippen LogP contribution in [0.15, 0.2) is 78.0 Å². The number of carbonyl (C=O) groups excluding carboxylic acids is 1. The van der Waals surface area contributed by atoms with Gasteiger partial charge in [0.05, 0.1) is 5.69 Å². The summed E-state index contributed by atoms with van der Waals surface area (Å²) in [7, 11) is 0. The van der Waals surface area contributed by atoms with Crippen LogP contribution < -0.4 is 15.0 Å². The van der Waals surface area contributed by atoms with Gasteiger partial charge in [-0.2, -0.15) is 4.99 Å². The van der Waals surface area contributed by atoms with Crippen molar-refractivity contribution < 1.29 is 27.1 Å². The van der Waals surface area contributed by atoms with E-state index in [9.17, 15) is 22.4 Å². The Hall–Kier alpha value is -4.39. The standard InChI is InChI=1S/C35H38F4N6O2S/c1-22(2)30-20-27(36)12-17-31(30)45-24(4)18-19-48-34(45)42-33(46)41-23(3)6-5-7-25-8-10-26(11-9-25)32-40-21-44(43-32)28-13-15-29(16-14-28)47-35(37,38)39/h8-17,20-24H,5-7,18-19H2,1-4H3,(H,41,46)/b42-34-. The van der Waals surface area contributed by atoms with E-state index >= 15 is 0 Å². The Bertz CT molecular complexity index is 1720. The van der Waals surface area contributed by atoms with Gasteiger partial charge in [-0.05, 0) is 99.0 Å². The number of carbonyl (C=O) groups is 1. The summed E-state index contributed by atoms with van der Waals surface area (Å²) in [5, 5.41) is 8.08. The molecule has 2 heterocycles. The van der Waals surface area contributed by atoms with Gasteiger partial charge in [-0.15, -0.1) is 18.3 Å². The number of hydrogen-bond donors (Lipinski definition) is 1. The maximum Gasteiger partial charge on any atom is 0.573 e. The van der Waals surface area contributed by atoms with Gasteiger partial charge in [0.1, 0.15) is 17.9 Å². The Labute approximate surface area is 281 Å². The Morgan fingerprint density at radius 3 is 2.50 bits per heavy atom. The second kappa shape index (κ2) is 15.2. The Morgan fingerprint density at radius 2 is 1.81 bits per heavy atom. The number of halogens is 4. The first-order valence-electron chi connectivity index (χ1n) is 15.8. The van der Waals surface area contributed by atoms with Crippen LogP contribution in [0.2, 0.25) is 0 Å². The highest BCUT2D eigenvalue weighted by molar-refractivity contribution is 8.14. The lowest BCUT2D eigenvalue weighted by Crippen LogP contribution is -2.43. The molecule has 0 aliphatic carbocycles. The molecule has 2 atom stereocenters. The van der Waals surface area contributed by atoms with Gasteiger partial charge in [-0.25, -0.2) is 18.9 Å². The molecule has 8 nitrogen and oxygen atoms in total. The number of nitrogens with one attached hydrogen (secondary N) is 1. The van der Waals surface area contributed by atoms with Crippen LogP contribution in [-0.2, 0) is 6.42 Å². The number of ether oxygens (including phenoxy) is 1. The Balaban J connectivity index is 1.13. The normalized spacial score (nSPS) is 16.7. The summed E-state index contributed by atoms with van der Waals surface area (Å²) in [5.74, 6) is 0.862. The lowest BCUT2D eigenvalue weighted by Gasteiger charge is -2.37. The van der Waals surface area contributed by atoms with Crippen molar-refractivity contribution in [1.29, 1.82) is 0 Å². The summed E-state index contributed by atoms with van der Waals surface area (Å²) in [5.41, 5.74) is 4.25. The van der Waals surface area contributed by atoms with Crippen molar-refractivity contribution in [1.82, 2.24) is 20.1 Å². The van der Waals surface area contributed by atoms with Crippen molar-refractivity contribution >= 4 is 28.6 Å². The van der Waals surface area contributed by atoms with E-state index in [-0.39, 0.29) is 35.6 Å². The molecule has 1 fully saturated rings. The minimum atomic E-state index is -4.75. The molecule has 0 saturated carbocycles. The fourth-order valence-corrected chi connectivity index (χ4v) is 6.70. The fourth-order valence-electron chi connectivity index (χ4n) is 5.50. The lowest BCUT2D eigenvalue weighted by molar-refractivity contribution is -0.274. The molecular formula is C35H38F4N6O2S. The van der Waals surface area contributed by atoms with Crippen molar-refractivity contribution in [3.8, 4) is 22.8 Å². The van der Waals surface area contributed by atoms with Gasteiger partial charge in [0.25, 0.3) is 0 Å². The molecule has 4 aromatic rings. The lowest BCUT2D eigenvalue weighted by atomic mass is 9.99. The number of benzene rings is 3. The molecule has 0 spiro atoms. The van der Waals surface area contributed by atoms with Gasteiger partial charge >= 0.3 is 12.4 Å². The van der Waals surface area contributed by atoms with E-state index in [2.05, 4.69) is 37.0 Å². The maximum atomic E-state index is 14.1. The van der Waals surface area contributed by atoms with E-state index in [4.69, 9.17) is 0 Å². The Morgan fingerprint density at radius 1 is 1.08 bits per heavy atom. The van der Waals surface area contributed by atoms with E-state index in [1.165, 1.54) is 53.1 Å². The van der Waals surface area contributed by atoms with Crippen LogP contribution in [0.5, 0.6) is 5.75 Å². The maximum absolute atomic E-state index is 14.1. The topological polar surface area (TPSA) is 84.6 Å². The van der Waals surface area contributed by atoms with Gasteiger partial charge in [-0.3, -0.25) is 0 Å². The van der Waals surface area contributed by atoms with Crippen LogP contribution in [0.25, 0.3) is 17.1 Å². The summed E-state index contributed by atoms with van der Waals surface area (Å²) in [6.07, 6.45) is 0.106. The zero-order chi connectivity index (χ0) is 34.4. The molecule has 48 heavy (non-hydrogen) atoms. The second-order valence-electron chi connectivity index (χ2n) is 12.1. The third-order valence-corrected chi connectivity index (χ3v) is 8.98. The monoisotopic (exact) mass is 682 g/mol. The number of amidine groups is 1. The largest absolute Gasteiger partial charge is 0.573 e. The first-order chi connectivity index (χ1) is 22.9. The van der Waals surface area contributed by atoms with Gasteiger partial charge in [0.2, 0.25) is 0 Å². The van der Waals surface area contributed by atoms with Crippen molar-refractivity contribution in [3.63, 3.8) is 0 Å². The number of hydrogen-bond acceptors (Lipinski definition) is 5. The van der Waals surface area contributed by atoms with E-state index in [1.807, 2.05) is 45.0 Å². The molecule has 2 amide bonds. The highest BCUT2D eigenvalue weighted by Gasteiger charge is 2.31. The number of aryl methyl sites for hydroxylation is 1. The molecule has 1 aromatic heterocycles. The molecule has 0 radical (unpaired) electrons. The molecule has 1 N–H and O–H groups in total. The summed E-state index contributed by atoms with van der Waals surface area (Å²) in [6, 6.07) is 17.7. The number of nitrogens with zero attached hydrogens (tertiary/aromatic N) is 5. The van der Waals surface area contributed by atoms with Crippen molar-refractivity contribution in [2.75, 3.05) is 10.7 Å². The van der Waals surface area contributed by atoms with E-state index in [1.54, 1.807) is 12.1 Å². The SMILES string of the molecule is CC(CCCc1ccc(-c2ncn(-c3ccc(OC(F)(F)F)cc3)n2)cc1)NC(=O)/N=C1\SCCC(C)N1c1ccc(F)cc1C(C)C. The van der Waals surface area contributed by atoms with E-state index < -0.39 is 6.36 Å². The molecule has 1 aliphatic heterocycles. The van der Waals surface area contributed by atoms with Crippen LogP contribution in [0.3, 0.4) is 0 Å². The summed E-state index contributed by atoms with van der Waals surface area (Å²) < 4.78 is 56.8. The van der Waals surface area contributed by atoms with Crippen molar-refractivity contribution in [2.24, 2.45) is 4.99 Å². The predicted octanol–water partition coefficient (Wildman–Crippen LogP) is 8.90. The molecular weight excluding hydrogens is 644 g/mol. The van der Waals surface area contributed by atoms with Gasteiger partial charge in [0, 0.05) is 29.1 Å². The van der Waals surface area contributed by atoms with Gasteiger partial charge in [-0.1, -0.05) is 49.9 Å². The summed E-state index contributed by atoms with van der Waals surface area (Å²) in [4.78, 5) is 23.8. The molecule has 2 unspecified atom stereocenters. The highest BCUT2D eigenvalue weighted by Crippen LogP contribution is 2.35. The van der Waals surface area contributed by atoms with Crippen LogP contribution >= 0.6 is 11.8 Å². The fraction of sp³-hybridized carbons (Fsp3) is 0.371. The van der Waals surface area contributed by atoms with Crippen LogP contribution in [0.4, 0.5) is 28.0 Å². The molecule has 1 saturated heterocycles. The number of anilines is 1. The summed E-state index contributed by atoms with van der Waals surface area (Å²) >= 11 is 1.54. The van der Waals surface area contributed by atoms with E-state index in [0.717, 1.165) is 53.8 Å².